The van der Waals surface area contributed by atoms with Gasteiger partial charge in [-0.1, -0.05) is 11.6 Å². The molecule has 0 aliphatic carbocycles. The summed E-state index contributed by atoms with van der Waals surface area (Å²) >= 11 is 6.40. The molecule has 10 nitrogen and oxygen atoms in total. The van der Waals surface area contributed by atoms with Crippen LogP contribution < -0.4 is 29.9 Å². The molecule has 2 fully saturated rings. The van der Waals surface area contributed by atoms with Crippen LogP contribution in [0, 0.1) is 0 Å². The Balaban J connectivity index is 1.19. The zero-order valence-corrected chi connectivity index (χ0v) is 22.4. The fourth-order valence-electron chi connectivity index (χ4n) is 5.26. The lowest BCUT2D eigenvalue weighted by Crippen LogP contribution is -2.47. The van der Waals surface area contributed by atoms with Gasteiger partial charge in [0.2, 0.25) is 5.95 Å². The van der Waals surface area contributed by atoms with Gasteiger partial charge in [0, 0.05) is 81.1 Å². The SMILES string of the molecule is COc1cc(OC)c(-c2cn3ccc(N4CCN(c5cc(N6CCCC6)nc(N)n5)CC4)cc3n2)cc1Cl. The Morgan fingerprint density at radius 1 is 0.789 bits per heavy atom. The summed E-state index contributed by atoms with van der Waals surface area (Å²) in [6.45, 7) is 5.49. The third kappa shape index (κ3) is 4.60. The predicted molar refractivity (Wildman–Crippen MR) is 151 cm³/mol. The number of ether oxygens (including phenoxy) is 2. The van der Waals surface area contributed by atoms with Crippen molar-refractivity contribution in [2.24, 2.45) is 0 Å². The summed E-state index contributed by atoms with van der Waals surface area (Å²) in [5.41, 5.74) is 9.66. The molecule has 198 valence electrons. The number of imidazole rings is 1. The minimum atomic E-state index is 0.335. The van der Waals surface area contributed by atoms with Gasteiger partial charge in [0.05, 0.1) is 24.9 Å². The number of nitrogens with two attached hydrogens (primary N) is 1. The first-order valence-electron chi connectivity index (χ1n) is 12.8. The van der Waals surface area contributed by atoms with Crippen LogP contribution in [-0.4, -0.2) is 72.8 Å². The van der Waals surface area contributed by atoms with Crippen LogP contribution >= 0.6 is 11.6 Å². The lowest BCUT2D eigenvalue weighted by Gasteiger charge is -2.37. The first-order valence-corrected chi connectivity index (χ1v) is 13.2. The maximum Gasteiger partial charge on any atom is 0.223 e. The molecule has 0 spiro atoms. The van der Waals surface area contributed by atoms with Crippen LogP contribution in [0.2, 0.25) is 5.02 Å². The molecule has 0 saturated carbocycles. The van der Waals surface area contributed by atoms with E-state index < -0.39 is 0 Å². The fourth-order valence-corrected chi connectivity index (χ4v) is 5.50. The van der Waals surface area contributed by atoms with Crippen molar-refractivity contribution in [2.75, 3.05) is 73.9 Å². The largest absolute Gasteiger partial charge is 0.496 e. The molecule has 0 radical (unpaired) electrons. The van der Waals surface area contributed by atoms with Gasteiger partial charge in [0.15, 0.2) is 0 Å². The van der Waals surface area contributed by atoms with E-state index in [0.717, 1.165) is 73.5 Å². The van der Waals surface area contributed by atoms with E-state index in [2.05, 4.69) is 42.9 Å². The van der Waals surface area contributed by atoms with Crippen LogP contribution in [0.1, 0.15) is 12.8 Å². The van der Waals surface area contributed by atoms with E-state index in [1.165, 1.54) is 12.8 Å². The molecule has 2 aliphatic heterocycles. The molecule has 2 aliphatic rings. The molecular formula is C27H31ClN8O2. The van der Waals surface area contributed by atoms with Crippen molar-refractivity contribution in [3.63, 3.8) is 0 Å². The highest BCUT2D eigenvalue weighted by Gasteiger charge is 2.22. The highest BCUT2D eigenvalue weighted by Crippen LogP contribution is 2.38. The zero-order valence-electron chi connectivity index (χ0n) is 21.6. The third-order valence-corrected chi connectivity index (χ3v) is 7.60. The number of fused-ring (bicyclic) bond motifs is 1. The van der Waals surface area contributed by atoms with E-state index in [0.29, 0.717) is 22.5 Å². The van der Waals surface area contributed by atoms with E-state index >= 15 is 0 Å². The number of hydrogen-bond donors (Lipinski definition) is 1. The molecule has 0 amide bonds. The van der Waals surface area contributed by atoms with Crippen molar-refractivity contribution in [3.8, 4) is 22.8 Å². The predicted octanol–water partition coefficient (Wildman–Crippen LogP) is 3.97. The van der Waals surface area contributed by atoms with Gasteiger partial charge in [0.25, 0.3) is 0 Å². The number of piperazine rings is 1. The second-order valence-corrected chi connectivity index (χ2v) is 9.98. The summed E-state index contributed by atoms with van der Waals surface area (Å²) in [7, 11) is 3.21. The van der Waals surface area contributed by atoms with Gasteiger partial charge in [-0.2, -0.15) is 9.97 Å². The Bertz CT molecular complexity index is 1460. The molecule has 2 saturated heterocycles. The van der Waals surface area contributed by atoms with E-state index in [1.54, 1.807) is 20.3 Å². The highest BCUT2D eigenvalue weighted by molar-refractivity contribution is 6.32. The van der Waals surface area contributed by atoms with Gasteiger partial charge in [-0.3, -0.25) is 0 Å². The first-order chi connectivity index (χ1) is 18.5. The second kappa shape index (κ2) is 10.1. The average Bonchev–Trinajstić information content (AvgIpc) is 3.63. The van der Waals surface area contributed by atoms with Crippen molar-refractivity contribution in [2.45, 2.75) is 12.8 Å². The number of benzene rings is 1. The lowest BCUT2D eigenvalue weighted by molar-refractivity contribution is 0.395. The van der Waals surface area contributed by atoms with E-state index in [1.807, 2.05) is 22.9 Å². The van der Waals surface area contributed by atoms with Crippen LogP contribution in [0.3, 0.4) is 0 Å². The molecule has 3 aromatic heterocycles. The second-order valence-electron chi connectivity index (χ2n) is 9.57. The minimum Gasteiger partial charge on any atom is -0.496 e. The minimum absolute atomic E-state index is 0.335. The Kier molecular flexibility index (Phi) is 6.49. The molecule has 1 aromatic carbocycles. The van der Waals surface area contributed by atoms with Crippen LogP contribution in [0.15, 0.2) is 42.7 Å². The van der Waals surface area contributed by atoms with Crippen molar-refractivity contribution in [1.29, 1.82) is 0 Å². The van der Waals surface area contributed by atoms with Crippen LogP contribution in [0.4, 0.5) is 23.3 Å². The summed E-state index contributed by atoms with van der Waals surface area (Å²) in [5.74, 6) is 3.39. The van der Waals surface area contributed by atoms with Gasteiger partial charge in [-0.25, -0.2) is 4.98 Å². The molecule has 38 heavy (non-hydrogen) atoms. The van der Waals surface area contributed by atoms with Crippen molar-refractivity contribution in [3.05, 3.63) is 47.7 Å². The molecule has 0 bridgehead atoms. The topological polar surface area (TPSA) is 97.3 Å². The summed E-state index contributed by atoms with van der Waals surface area (Å²) in [6.07, 6.45) is 6.41. The van der Waals surface area contributed by atoms with E-state index in [4.69, 9.17) is 31.8 Å². The van der Waals surface area contributed by atoms with Gasteiger partial charge in [0.1, 0.15) is 28.8 Å². The van der Waals surface area contributed by atoms with Crippen LogP contribution in [0.25, 0.3) is 16.9 Å². The van der Waals surface area contributed by atoms with Gasteiger partial charge in [-0.15, -0.1) is 0 Å². The number of aromatic nitrogens is 4. The van der Waals surface area contributed by atoms with E-state index in [9.17, 15) is 0 Å². The summed E-state index contributed by atoms with van der Waals surface area (Å²) < 4.78 is 12.9. The Morgan fingerprint density at radius 3 is 2.13 bits per heavy atom. The number of halogens is 1. The van der Waals surface area contributed by atoms with Gasteiger partial charge >= 0.3 is 0 Å². The molecule has 11 heteroatoms. The molecule has 0 unspecified atom stereocenters. The Hall–Kier alpha value is -3.92. The van der Waals surface area contributed by atoms with Gasteiger partial charge < -0.3 is 34.3 Å². The maximum absolute atomic E-state index is 6.40. The number of hydrogen-bond acceptors (Lipinski definition) is 9. The fraction of sp³-hybridized carbons (Fsp3) is 0.370. The number of methoxy groups -OCH3 is 2. The number of nitrogens with zero attached hydrogens (tertiary/aromatic N) is 7. The number of rotatable bonds is 6. The molecule has 6 rings (SSSR count). The van der Waals surface area contributed by atoms with Crippen molar-refractivity contribution < 1.29 is 9.47 Å². The number of pyridine rings is 1. The molecule has 5 heterocycles. The quantitative estimate of drug-likeness (QED) is 0.394. The molecule has 0 atom stereocenters. The summed E-state index contributed by atoms with van der Waals surface area (Å²) in [6, 6.07) is 9.93. The maximum atomic E-state index is 6.40. The average molecular weight is 535 g/mol. The summed E-state index contributed by atoms with van der Waals surface area (Å²) in [5, 5.41) is 0.511. The Labute approximate surface area is 226 Å². The lowest BCUT2D eigenvalue weighted by atomic mass is 10.1. The molecular weight excluding hydrogens is 504 g/mol. The normalized spacial score (nSPS) is 15.9. The first kappa shape index (κ1) is 24.4. The van der Waals surface area contributed by atoms with E-state index in [-0.39, 0.29) is 0 Å². The standard InChI is InChI=1S/C27H31ClN8O2/c1-37-22-15-23(38-2)20(28)14-19(22)21-17-36-8-5-18(13-24(36)30-21)33-9-11-35(12-10-33)26-16-25(31-27(29)32-26)34-6-3-4-7-34/h5,8,13-17H,3-4,6-7,9-12H2,1-2H3,(H2,29,31,32). The van der Waals surface area contributed by atoms with Crippen LogP contribution in [0.5, 0.6) is 11.5 Å². The molecule has 4 aromatic rings. The zero-order chi connectivity index (χ0) is 26.2. The Morgan fingerprint density at radius 2 is 1.45 bits per heavy atom. The number of nitrogen functional groups attached to an aromatic ring is 1. The van der Waals surface area contributed by atoms with Crippen LogP contribution in [-0.2, 0) is 0 Å². The number of anilines is 4. The third-order valence-electron chi connectivity index (χ3n) is 7.31. The smallest absolute Gasteiger partial charge is 0.223 e. The van der Waals surface area contributed by atoms with Crippen molar-refractivity contribution >= 4 is 40.5 Å². The monoisotopic (exact) mass is 534 g/mol. The molecule has 2 N–H and O–H groups in total. The summed E-state index contributed by atoms with van der Waals surface area (Å²) in [4.78, 5) is 20.8. The van der Waals surface area contributed by atoms with Gasteiger partial charge in [-0.05, 0) is 25.0 Å². The highest BCUT2D eigenvalue weighted by atomic mass is 35.5. The van der Waals surface area contributed by atoms with Crippen molar-refractivity contribution in [1.82, 2.24) is 19.4 Å².